The number of carbonyl (C=O) groups excluding carboxylic acids is 1. The minimum atomic E-state index is -0.0146. The average molecular weight is 289 g/mol. The summed E-state index contributed by atoms with van der Waals surface area (Å²) in [5.74, 6) is 0.150. The lowest BCUT2D eigenvalue weighted by atomic mass is 9.94. The molecule has 1 unspecified atom stereocenters. The maximum absolute atomic E-state index is 12.4. The lowest BCUT2D eigenvalue weighted by Gasteiger charge is -2.27. The Morgan fingerprint density at radius 3 is 2.67 bits per heavy atom. The number of rotatable bonds is 7. The van der Waals surface area contributed by atoms with E-state index in [1.54, 1.807) is 0 Å². The Morgan fingerprint density at radius 2 is 2.00 bits per heavy atom. The largest absolute Gasteiger partial charge is 0.354 e. The molecule has 1 fully saturated rings. The van der Waals surface area contributed by atoms with E-state index in [0.717, 1.165) is 57.7 Å². The van der Waals surface area contributed by atoms with Gasteiger partial charge in [0, 0.05) is 39.3 Å². The molecule has 1 aromatic rings. The Labute approximate surface area is 127 Å². The highest BCUT2D eigenvalue weighted by molar-refractivity contribution is 5.83. The molecule has 0 bridgehead atoms. The first-order chi connectivity index (χ1) is 10.3. The fraction of sp³-hybridized carbons (Fsp3) is 0.588. The van der Waals surface area contributed by atoms with Gasteiger partial charge in [-0.25, -0.2) is 0 Å². The van der Waals surface area contributed by atoms with E-state index in [4.69, 9.17) is 0 Å². The molecule has 0 aromatic heterocycles. The van der Waals surface area contributed by atoms with Crippen LogP contribution >= 0.6 is 0 Å². The second kappa shape index (κ2) is 8.80. The van der Waals surface area contributed by atoms with Gasteiger partial charge in [-0.2, -0.15) is 0 Å². The van der Waals surface area contributed by atoms with Gasteiger partial charge in [-0.05, 0) is 12.0 Å². The minimum Gasteiger partial charge on any atom is -0.354 e. The van der Waals surface area contributed by atoms with E-state index in [-0.39, 0.29) is 11.8 Å². The zero-order valence-electron chi connectivity index (χ0n) is 13.0. The molecular weight excluding hydrogens is 262 g/mol. The van der Waals surface area contributed by atoms with Crippen LogP contribution in [0.5, 0.6) is 0 Å². The van der Waals surface area contributed by atoms with Crippen LogP contribution in [-0.4, -0.2) is 50.1 Å². The van der Waals surface area contributed by atoms with Gasteiger partial charge < -0.3 is 10.6 Å². The Morgan fingerprint density at radius 1 is 1.29 bits per heavy atom. The molecule has 1 aromatic carbocycles. The SMILES string of the molecule is CCCC(C(=O)NCCN1CCNCC1)c1ccccc1. The second-order valence-corrected chi connectivity index (χ2v) is 5.63. The third-order valence-electron chi connectivity index (χ3n) is 4.03. The first-order valence-electron chi connectivity index (χ1n) is 8.07. The zero-order valence-corrected chi connectivity index (χ0v) is 13.0. The van der Waals surface area contributed by atoms with Gasteiger partial charge in [0.25, 0.3) is 0 Å². The molecule has 21 heavy (non-hydrogen) atoms. The summed E-state index contributed by atoms with van der Waals surface area (Å²) in [7, 11) is 0. The van der Waals surface area contributed by atoms with Crippen molar-refractivity contribution in [1.29, 1.82) is 0 Å². The topological polar surface area (TPSA) is 44.4 Å². The fourth-order valence-electron chi connectivity index (χ4n) is 2.82. The molecule has 0 radical (unpaired) electrons. The van der Waals surface area contributed by atoms with E-state index in [9.17, 15) is 4.79 Å². The summed E-state index contributed by atoms with van der Waals surface area (Å²) in [5.41, 5.74) is 1.12. The van der Waals surface area contributed by atoms with Crippen molar-refractivity contribution in [2.24, 2.45) is 0 Å². The molecule has 1 aliphatic rings. The van der Waals surface area contributed by atoms with E-state index >= 15 is 0 Å². The minimum absolute atomic E-state index is 0.0146. The van der Waals surface area contributed by atoms with E-state index < -0.39 is 0 Å². The Bertz CT molecular complexity index is 415. The highest BCUT2D eigenvalue weighted by Crippen LogP contribution is 2.21. The van der Waals surface area contributed by atoms with Crippen LogP contribution in [0.1, 0.15) is 31.2 Å². The Hall–Kier alpha value is -1.39. The summed E-state index contributed by atoms with van der Waals surface area (Å²) in [6.07, 6.45) is 1.92. The summed E-state index contributed by atoms with van der Waals surface area (Å²) in [5, 5.41) is 6.45. The van der Waals surface area contributed by atoms with Crippen LogP contribution in [0.2, 0.25) is 0 Å². The highest BCUT2D eigenvalue weighted by Gasteiger charge is 2.19. The molecule has 1 amide bonds. The van der Waals surface area contributed by atoms with Crippen LogP contribution in [0.15, 0.2) is 30.3 Å². The predicted octanol–water partition coefficient (Wildman–Crippen LogP) is 1.59. The molecule has 1 saturated heterocycles. The predicted molar refractivity (Wildman–Crippen MR) is 86.4 cm³/mol. The summed E-state index contributed by atoms with van der Waals surface area (Å²) in [6.45, 7) is 8.07. The molecular formula is C17H27N3O. The number of benzene rings is 1. The molecule has 4 nitrogen and oxygen atoms in total. The number of amides is 1. The molecule has 1 atom stereocenters. The molecule has 2 N–H and O–H groups in total. The van der Waals surface area contributed by atoms with Gasteiger partial charge in [-0.15, -0.1) is 0 Å². The summed E-state index contributed by atoms with van der Waals surface area (Å²) in [4.78, 5) is 14.8. The zero-order chi connectivity index (χ0) is 14.9. The van der Waals surface area contributed by atoms with Crippen LogP contribution in [-0.2, 0) is 4.79 Å². The van der Waals surface area contributed by atoms with E-state index in [1.165, 1.54) is 0 Å². The molecule has 2 rings (SSSR count). The van der Waals surface area contributed by atoms with E-state index in [1.807, 2.05) is 18.2 Å². The average Bonchev–Trinajstić information content (AvgIpc) is 2.54. The van der Waals surface area contributed by atoms with Crippen LogP contribution in [0, 0.1) is 0 Å². The molecule has 4 heteroatoms. The maximum atomic E-state index is 12.4. The number of piperazine rings is 1. The van der Waals surface area contributed by atoms with Crippen molar-refractivity contribution in [2.45, 2.75) is 25.7 Å². The normalized spacial score (nSPS) is 17.4. The number of hydrogen-bond acceptors (Lipinski definition) is 3. The molecule has 1 aliphatic heterocycles. The van der Waals surface area contributed by atoms with Gasteiger partial charge in [0.05, 0.1) is 5.92 Å². The molecule has 0 aliphatic carbocycles. The van der Waals surface area contributed by atoms with Crippen molar-refractivity contribution in [3.05, 3.63) is 35.9 Å². The highest BCUT2D eigenvalue weighted by atomic mass is 16.1. The van der Waals surface area contributed by atoms with Crippen molar-refractivity contribution < 1.29 is 4.79 Å². The third kappa shape index (κ3) is 5.14. The van der Waals surface area contributed by atoms with Crippen LogP contribution in [0.4, 0.5) is 0 Å². The monoisotopic (exact) mass is 289 g/mol. The van der Waals surface area contributed by atoms with E-state index in [2.05, 4.69) is 34.6 Å². The van der Waals surface area contributed by atoms with Crippen molar-refractivity contribution >= 4 is 5.91 Å². The van der Waals surface area contributed by atoms with Crippen molar-refractivity contribution in [3.8, 4) is 0 Å². The van der Waals surface area contributed by atoms with Crippen molar-refractivity contribution in [1.82, 2.24) is 15.5 Å². The first kappa shape index (κ1) is 16.0. The van der Waals surface area contributed by atoms with Gasteiger partial charge in [-0.3, -0.25) is 9.69 Å². The lowest BCUT2D eigenvalue weighted by molar-refractivity contribution is -0.122. The van der Waals surface area contributed by atoms with Crippen molar-refractivity contribution in [3.63, 3.8) is 0 Å². The van der Waals surface area contributed by atoms with Crippen LogP contribution < -0.4 is 10.6 Å². The van der Waals surface area contributed by atoms with E-state index in [0.29, 0.717) is 0 Å². The Balaban J connectivity index is 1.81. The quantitative estimate of drug-likeness (QED) is 0.801. The smallest absolute Gasteiger partial charge is 0.227 e. The number of nitrogens with zero attached hydrogens (tertiary/aromatic N) is 1. The summed E-state index contributed by atoms with van der Waals surface area (Å²) >= 11 is 0. The summed E-state index contributed by atoms with van der Waals surface area (Å²) in [6, 6.07) is 10.1. The van der Waals surface area contributed by atoms with Gasteiger partial charge >= 0.3 is 0 Å². The number of carbonyl (C=O) groups is 1. The van der Waals surface area contributed by atoms with Gasteiger partial charge in [-0.1, -0.05) is 43.7 Å². The maximum Gasteiger partial charge on any atom is 0.227 e. The molecule has 0 spiro atoms. The molecule has 116 valence electrons. The van der Waals surface area contributed by atoms with Crippen LogP contribution in [0.25, 0.3) is 0 Å². The van der Waals surface area contributed by atoms with Gasteiger partial charge in [0.1, 0.15) is 0 Å². The second-order valence-electron chi connectivity index (χ2n) is 5.63. The number of hydrogen-bond donors (Lipinski definition) is 2. The van der Waals surface area contributed by atoms with Gasteiger partial charge in [0.2, 0.25) is 5.91 Å². The van der Waals surface area contributed by atoms with Gasteiger partial charge in [0.15, 0.2) is 0 Å². The lowest BCUT2D eigenvalue weighted by Crippen LogP contribution is -2.46. The third-order valence-corrected chi connectivity index (χ3v) is 4.03. The molecule has 1 heterocycles. The van der Waals surface area contributed by atoms with Crippen LogP contribution in [0.3, 0.4) is 0 Å². The molecule has 0 saturated carbocycles. The van der Waals surface area contributed by atoms with Crippen molar-refractivity contribution in [2.75, 3.05) is 39.3 Å². The first-order valence-corrected chi connectivity index (χ1v) is 8.07. The number of nitrogens with one attached hydrogen (secondary N) is 2. The fourth-order valence-corrected chi connectivity index (χ4v) is 2.82. The Kier molecular flexibility index (Phi) is 6.70. The standard InChI is InChI=1S/C17H27N3O/c1-2-6-16(15-7-4-3-5-8-15)17(21)19-11-14-20-12-9-18-10-13-20/h3-5,7-8,16,18H,2,6,9-14H2,1H3,(H,19,21). The summed E-state index contributed by atoms with van der Waals surface area (Å²) < 4.78 is 0.